The minimum atomic E-state index is -4.88. The van der Waals surface area contributed by atoms with E-state index >= 15 is 0 Å². The average Bonchev–Trinajstić information content (AvgIpc) is 2.72. The highest BCUT2D eigenvalue weighted by Crippen LogP contribution is 2.28. The lowest BCUT2D eigenvalue weighted by Gasteiger charge is -2.08. The number of halogens is 5. The van der Waals surface area contributed by atoms with Gasteiger partial charge in [0.15, 0.2) is 0 Å². The number of hydrogen-bond donors (Lipinski definition) is 0. The van der Waals surface area contributed by atoms with Crippen LogP contribution in [0.2, 0.25) is 0 Å². The molecule has 4 aromatic rings. The minimum absolute atomic E-state index is 0.0105. The predicted molar refractivity (Wildman–Crippen MR) is 106 cm³/mol. The average molecular weight is 426 g/mol. The van der Waals surface area contributed by atoms with Crippen molar-refractivity contribution in [2.75, 3.05) is 0 Å². The van der Waals surface area contributed by atoms with Crippen LogP contribution in [0.1, 0.15) is 15.9 Å². The van der Waals surface area contributed by atoms with Gasteiger partial charge in [0, 0.05) is 11.3 Å². The number of hydrogen-bond acceptors (Lipinski definition) is 2. The van der Waals surface area contributed by atoms with Gasteiger partial charge in [0.2, 0.25) is 0 Å². The molecule has 0 heterocycles. The van der Waals surface area contributed by atoms with Gasteiger partial charge < -0.3 is 4.74 Å². The molecule has 0 bridgehead atoms. The van der Waals surface area contributed by atoms with Gasteiger partial charge in [0.1, 0.15) is 17.4 Å². The summed E-state index contributed by atoms with van der Waals surface area (Å²) in [6.45, 7) is 0. The molecule has 0 N–H and O–H groups in total. The smallest absolute Gasteiger partial charge is 0.423 e. The van der Waals surface area contributed by atoms with Crippen LogP contribution in [0.25, 0.3) is 21.5 Å². The largest absolute Gasteiger partial charge is 0.458 e. The van der Waals surface area contributed by atoms with E-state index in [2.05, 4.69) is 0 Å². The first kappa shape index (κ1) is 20.4. The Balaban J connectivity index is 1.65. The molecule has 0 aliphatic carbocycles. The van der Waals surface area contributed by atoms with Crippen molar-refractivity contribution in [3.63, 3.8) is 0 Å². The van der Waals surface area contributed by atoms with Crippen LogP contribution in [0.15, 0.2) is 66.7 Å². The molecule has 0 fully saturated rings. The Morgan fingerprint density at radius 2 is 1.58 bits per heavy atom. The summed E-state index contributed by atoms with van der Waals surface area (Å²) in [7, 11) is 0. The Kier molecular flexibility index (Phi) is 5.07. The number of fused-ring (bicyclic) bond motifs is 2. The zero-order valence-electron chi connectivity index (χ0n) is 15.6. The summed E-state index contributed by atoms with van der Waals surface area (Å²) in [5.41, 5.74) is -0.695. The van der Waals surface area contributed by atoms with E-state index in [0.29, 0.717) is 0 Å². The molecule has 4 aromatic carbocycles. The van der Waals surface area contributed by atoms with Gasteiger partial charge in [-0.2, -0.15) is 13.2 Å². The van der Waals surface area contributed by atoms with Crippen molar-refractivity contribution >= 4 is 27.5 Å². The SMILES string of the molecule is O=C(Oc1ccc2c(F)c(C#CC(F)(F)F)c(F)cc2c1)c1ccc2ccccc2c1. The molecule has 0 saturated carbocycles. The number of rotatable bonds is 2. The number of alkyl halides is 3. The maximum Gasteiger partial charge on any atom is 0.458 e. The van der Waals surface area contributed by atoms with Gasteiger partial charge >= 0.3 is 12.1 Å². The van der Waals surface area contributed by atoms with Gasteiger partial charge in [-0.1, -0.05) is 36.3 Å². The van der Waals surface area contributed by atoms with Crippen LogP contribution >= 0.6 is 0 Å². The summed E-state index contributed by atoms with van der Waals surface area (Å²) in [4.78, 5) is 12.5. The van der Waals surface area contributed by atoms with Gasteiger partial charge in [0.25, 0.3) is 0 Å². The van der Waals surface area contributed by atoms with E-state index in [0.717, 1.165) is 22.8 Å². The van der Waals surface area contributed by atoms with Crippen molar-refractivity contribution < 1.29 is 31.5 Å². The van der Waals surface area contributed by atoms with Crippen molar-refractivity contribution in [1.82, 2.24) is 0 Å². The molecule has 0 unspecified atom stereocenters. The fourth-order valence-electron chi connectivity index (χ4n) is 3.10. The number of ether oxygens (including phenoxy) is 1. The van der Waals surface area contributed by atoms with Crippen molar-refractivity contribution in [2.24, 2.45) is 0 Å². The van der Waals surface area contributed by atoms with Gasteiger partial charge in [-0.3, -0.25) is 0 Å². The lowest BCUT2D eigenvalue weighted by Crippen LogP contribution is -2.08. The maximum atomic E-state index is 14.5. The summed E-state index contributed by atoms with van der Waals surface area (Å²) in [6.07, 6.45) is -4.88. The first-order valence-corrected chi connectivity index (χ1v) is 8.94. The standard InChI is InChI=1S/C24H11F5O2/c25-21-13-17-12-18(7-8-19(17)22(26)20(21)9-10-24(27,28)29)31-23(30)16-6-5-14-3-1-2-4-15(14)11-16/h1-8,11-13H. The molecule has 0 spiro atoms. The summed E-state index contributed by atoms with van der Waals surface area (Å²) in [6, 6.07) is 17.0. The van der Waals surface area contributed by atoms with E-state index < -0.39 is 29.3 Å². The van der Waals surface area contributed by atoms with Crippen LogP contribution in [0.4, 0.5) is 22.0 Å². The Morgan fingerprint density at radius 1 is 0.839 bits per heavy atom. The second kappa shape index (κ2) is 7.73. The minimum Gasteiger partial charge on any atom is -0.423 e. The van der Waals surface area contributed by atoms with Gasteiger partial charge in [0.05, 0.1) is 11.1 Å². The van der Waals surface area contributed by atoms with Gasteiger partial charge in [-0.15, -0.1) is 0 Å². The molecule has 31 heavy (non-hydrogen) atoms. The Morgan fingerprint density at radius 3 is 2.32 bits per heavy atom. The number of carbonyl (C=O) groups is 1. The molecule has 154 valence electrons. The third-order valence-electron chi connectivity index (χ3n) is 4.52. The quantitative estimate of drug-likeness (QED) is 0.160. The fraction of sp³-hybridized carbons (Fsp3) is 0.0417. The fourth-order valence-corrected chi connectivity index (χ4v) is 3.10. The Hall–Kier alpha value is -3.92. The second-order valence-electron chi connectivity index (χ2n) is 6.63. The van der Waals surface area contributed by atoms with Gasteiger partial charge in [-0.25, -0.2) is 13.6 Å². The Bertz CT molecular complexity index is 1390. The molecular weight excluding hydrogens is 415 g/mol. The summed E-state index contributed by atoms with van der Waals surface area (Å²) < 4.78 is 70.7. The summed E-state index contributed by atoms with van der Waals surface area (Å²) >= 11 is 0. The van der Waals surface area contributed by atoms with E-state index in [1.54, 1.807) is 18.2 Å². The third kappa shape index (κ3) is 4.33. The van der Waals surface area contributed by atoms with Gasteiger partial charge in [-0.05, 0) is 52.6 Å². The van der Waals surface area contributed by atoms with E-state index in [1.807, 2.05) is 24.3 Å². The molecule has 0 aliphatic rings. The highest BCUT2D eigenvalue weighted by molar-refractivity contribution is 5.97. The monoisotopic (exact) mass is 426 g/mol. The first-order chi connectivity index (χ1) is 14.7. The number of carbonyl (C=O) groups excluding carboxylic acids is 1. The molecule has 0 atom stereocenters. The highest BCUT2D eigenvalue weighted by atomic mass is 19.4. The number of esters is 1. The van der Waals surface area contributed by atoms with Crippen molar-refractivity contribution in [1.29, 1.82) is 0 Å². The first-order valence-electron chi connectivity index (χ1n) is 8.94. The lowest BCUT2D eigenvalue weighted by molar-refractivity contribution is -0.0696. The Labute approximate surface area is 172 Å². The third-order valence-corrected chi connectivity index (χ3v) is 4.52. The van der Waals surface area contributed by atoms with Crippen molar-refractivity contribution in [3.05, 3.63) is 89.5 Å². The van der Waals surface area contributed by atoms with Crippen LogP contribution in [0, 0.1) is 23.5 Å². The molecule has 0 aromatic heterocycles. The van der Waals surface area contributed by atoms with Crippen LogP contribution in [0.3, 0.4) is 0 Å². The lowest BCUT2D eigenvalue weighted by atomic mass is 10.0. The number of benzene rings is 4. The van der Waals surface area contributed by atoms with Crippen LogP contribution < -0.4 is 4.74 Å². The maximum absolute atomic E-state index is 14.5. The van der Waals surface area contributed by atoms with Crippen molar-refractivity contribution in [2.45, 2.75) is 6.18 Å². The summed E-state index contributed by atoms with van der Waals surface area (Å²) in [5.74, 6) is -0.775. The molecule has 0 radical (unpaired) electrons. The second-order valence-corrected chi connectivity index (χ2v) is 6.63. The molecule has 2 nitrogen and oxygen atoms in total. The highest BCUT2D eigenvalue weighted by Gasteiger charge is 2.24. The molecule has 0 saturated heterocycles. The van der Waals surface area contributed by atoms with Crippen LogP contribution in [-0.4, -0.2) is 12.1 Å². The van der Waals surface area contributed by atoms with Crippen LogP contribution in [0.5, 0.6) is 5.75 Å². The summed E-state index contributed by atoms with van der Waals surface area (Å²) in [5, 5.41) is 1.64. The zero-order valence-corrected chi connectivity index (χ0v) is 15.6. The van der Waals surface area contributed by atoms with Crippen LogP contribution in [-0.2, 0) is 0 Å². The molecule has 0 aliphatic heterocycles. The van der Waals surface area contributed by atoms with E-state index in [4.69, 9.17) is 4.74 Å². The van der Waals surface area contributed by atoms with Crippen molar-refractivity contribution in [3.8, 4) is 17.6 Å². The topological polar surface area (TPSA) is 26.3 Å². The molecule has 4 rings (SSSR count). The molecular formula is C24H11F5O2. The predicted octanol–water partition coefficient (Wildman–Crippen LogP) is 6.40. The molecule has 0 amide bonds. The normalized spacial score (nSPS) is 11.3. The molecule has 7 heteroatoms. The van der Waals surface area contributed by atoms with E-state index in [9.17, 15) is 26.7 Å². The zero-order chi connectivity index (χ0) is 22.2. The van der Waals surface area contributed by atoms with E-state index in [-0.39, 0.29) is 22.1 Å². The van der Waals surface area contributed by atoms with E-state index in [1.165, 1.54) is 24.1 Å².